The zero-order valence-electron chi connectivity index (χ0n) is 9.87. The van der Waals surface area contributed by atoms with Crippen LogP contribution in [0.2, 0.25) is 0 Å². The predicted molar refractivity (Wildman–Crippen MR) is 77.7 cm³/mol. The molecule has 0 spiro atoms. The number of hydrogen-bond donors (Lipinski definition) is 0. The summed E-state index contributed by atoms with van der Waals surface area (Å²) in [5.74, 6) is 0. The lowest BCUT2D eigenvalue weighted by molar-refractivity contribution is 1.51. The number of hydrogen-bond acceptors (Lipinski definition) is 3. The number of fused-ring (bicyclic) bond motifs is 3. The second-order valence-electron chi connectivity index (χ2n) is 4.15. The van der Waals surface area contributed by atoms with Gasteiger partial charge in [0.1, 0.15) is 0 Å². The van der Waals surface area contributed by atoms with E-state index >= 15 is 0 Å². The van der Waals surface area contributed by atoms with Crippen LogP contribution in [-0.2, 0) is 0 Å². The molecule has 3 rings (SSSR count). The minimum Gasteiger partial charge on any atom is -0.236 e. The molecule has 0 atom stereocenters. The highest BCUT2D eigenvalue weighted by molar-refractivity contribution is 7.27. The molecule has 2 heterocycles. The molecule has 0 radical (unpaired) electrons. The van der Waals surface area contributed by atoms with Crippen molar-refractivity contribution in [2.75, 3.05) is 0 Å². The zero-order valence-corrected chi connectivity index (χ0v) is 11.5. The first-order valence-corrected chi connectivity index (χ1v) is 7.03. The van der Waals surface area contributed by atoms with Gasteiger partial charge < -0.3 is 0 Å². The molecule has 0 saturated carbocycles. The molecule has 86 valence electrons. The van der Waals surface area contributed by atoms with Crippen molar-refractivity contribution in [2.45, 2.75) is 13.8 Å². The summed E-state index contributed by atoms with van der Waals surface area (Å²) in [5, 5.41) is 11.2. The Morgan fingerprint density at radius 2 is 1.67 bits per heavy atom. The lowest BCUT2D eigenvalue weighted by atomic mass is 10.1. The number of nitrogens with zero attached hydrogens (tertiary/aromatic N) is 2. The molecule has 0 saturated heterocycles. The highest BCUT2D eigenvalue weighted by Crippen LogP contribution is 2.44. The zero-order chi connectivity index (χ0) is 12.9. The topological polar surface area (TPSA) is 28.1 Å². The van der Waals surface area contributed by atoms with Gasteiger partial charge in [-0.2, -0.15) is 5.26 Å². The Balaban J connectivity index is 2.70. The van der Waals surface area contributed by atoms with Crippen molar-refractivity contribution in [1.82, 2.24) is 0 Å². The Morgan fingerprint density at radius 1 is 1.11 bits per heavy atom. The summed E-state index contributed by atoms with van der Waals surface area (Å²) < 4.78 is 2.29. The van der Waals surface area contributed by atoms with E-state index < -0.39 is 0 Å². The molecular formula is C14H8N2S2. The number of benzene rings is 1. The second kappa shape index (κ2) is 3.81. The van der Waals surface area contributed by atoms with E-state index in [2.05, 4.69) is 10.9 Å². The number of nitriles is 1. The Morgan fingerprint density at radius 3 is 2.22 bits per heavy atom. The number of aryl methyl sites for hydroxylation is 2. The molecule has 0 aliphatic rings. The standard InChI is InChI=1S/C14H8N2S2/c1-7-4-9-11(6-15)12(16-3)10-5-8(2)18-14(10)13(9)17-7/h4-5H,1-2H3. The van der Waals surface area contributed by atoms with Gasteiger partial charge in [0.05, 0.1) is 22.9 Å². The smallest absolute Gasteiger partial charge is 0.213 e. The fourth-order valence-electron chi connectivity index (χ4n) is 2.22. The monoisotopic (exact) mass is 268 g/mol. The van der Waals surface area contributed by atoms with Crippen LogP contribution in [0.4, 0.5) is 5.69 Å². The number of rotatable bonds is 0. The van der Waals surface area contributed by atoms with Gasteiger partial charge in [-0.15, -0.1) is 22.7 Å². The first-order valence-electron chi connectivity index (χ1n) is 5.39. The largest absolute Gasteiger partial charge is 0.236 e. The first kappa shape index (κ1) is 11.2. The third-order valence-corrected chi connectivity index (χ3v) is 5.17. The summed E-state index contributed by atoms with van der Waals surface area (Å²) >= 11 is 3.40. The maximum absolute atomic E-state index is 9.34. The SMILES string of the molecule is [C-]#[N+]c1c(C#N)c2cc(C)sc2c2sc(C)cc12. The molecule has 0 aliphatic heterocycles. The average molecular weight is 268 g/mol. The third kappa shape index (κ3) is 1.37. The van der Waals surface area contributed by atoms with Gasteiger partial charge in [-0.1, -0.05) is 6.07 Å². The molecule has 2 nitrogen and oxygen atoms in total. The van der Waals surface area contributed by atoms with Crippen LogP contribution in [0.25, 0.3) is 25.0 Å². The van der Waals surface area contributed by atoms with E-state index in [9.17, 15) is 5.26 Å². The highest BCUT2D eigenvalue weighted by Gasteiger charge is 2.17. The molecule has 2 aromatic heterocycles. The minimum absolute atomic E-state index is 0.502. The summed E-state index contributed by atoms with van der Waals surface area (Å²) in [6, 6.07) is 6.23. The van der Waals surface area contributed by atoms with Crippen molar-refractivity contribution >= 4 is 48.5 Å². The molecule has 18 heavy (non-hydrogen) atoms. The quantitative estimate of drug-likeness (QED) is 0.518. The van der Waals surface area contributed by atoms with Crippen LogP contribution < -0.4 is 0 Å². The fourth-order valence-corrected chi connectivity index (χ4v) is 4.41. The lowest BCUT2D eigenvalue weighted by Gasteiger charge is -2.00. The normalized spacial score (nSPS) is 10.7. The van der Waals surface area contributed by atoms with Crippen molar-refractivity contribution in [1.29, 1.82) is 5.26 Å². The second-order valence-corrected chi connectivity index (χ2v) is 6.66. The van der Waals surface area contributed by atoms with Gasteiger partial charge in [-0.25, -0.2) is 4.85 Å². The number of thiophene rings is 2. The third-order valence-electron chi connectivity index (χ3n) is 2.90. The Kier molecular flexibility index (Phi) is 2.38. The maximum Gasteiger partial charge on any atom is 0.213 e. The lowest BCUT2D eigenvalue weighted by Crippen LogP contribution is -1.77. The Labute approximate surface area is 113 Å². The van der Waals surface area contributed by atoms with Crippen LogP contribution >= 0.6 is 22.7 Å². The molecule has 0 unspecified atom stereocenters. The van der Waals surface area contributed by atoms with Crippen molar-refractivity contribution in [3.05, 3.63) is 38.9 Å². The summed E-state index contributed by atoms with van der Waals surface area (Å²) in [5.41, 5.74) is 1.02. The summed E-state index contributed by atoms with van der Waals surface area (Å²) in [6.45, 7) is 11.4. The van der Waals surface area contributed by atoms with Crippen LogP contribution in [0.15, 0.2) is 12.1 Å². The molecule has 0 bridgehead atoms. The van der Waals surface area contributed by atoms with Crippen LogP contribution in [0.1, 0.15) is 15.3 Å². The van der Waals surface area contributed by atoms with Crippen LogP contribution in [0, 0.1) is 31.8 Å². The molecule has 0 amide bonds. The maximum atomic E-state index is 9.34. The van der Waals surface area contributed by atoms with E-state index in [4.69, 9.17) is 6.57 Å². The van der Waals surface area contributed by atoms with E-state index in [-0.39, 0.29) is 0 Å². The Hall–Kier alpha value is -1.88. The predicted octanol–water partition coefficient (Wildman–Crippen LogP) is 5.16. The van der Waals surface area contributed by atoms with Crippen molar-refractivity contribution in [3.63, 3.8) is 0 Å². The van der Waals surface area contributed by atoms with E-state index in [0.29, 0.717) is 11.3 Å². The van der Waals surface area contributed by atoms with Crippen LogP contribution in [0.5, 0.6) is 0 Å². The van der Waals surface area contributed by atoms with Crippen molar-refractivity contribution in [3.8, 4) is 6.07 Å². The van der Waals surface area contributed by atoms with Gasteiger partial charge in [0.15, 0.2) is 0 Å². The van der Waals surface area contributed by atoms with Gasteiger partial charge in [0, 0.05) is 25.2 Å². The molecule has 0 N–H and O–H groups in total. The molecule has 4 heteroatoms. The fraction of sp³-hybridized carbons (Fsp3) is 0.143. The van der Waals surface area contributed by atoms with E-state index in [0.717, 1.165) is 20.2 Å². The van der Waals surface area contributed by atoms with Crippen molar-refractivity contribution < 1.29 is 0 Å². The highest BCUT2D eigenvalue weighted by atomic mass is 32.1. The minimum atomic E-state index is 0.502. The van der Waals surface area contributed by atoms with Crippen LogP contribution in [-0.4, -0.2) is 0 Å². The van der Waals surface area contributed by atoms with Gasteiger partial charge in [-0.3, -0.25) is 0 Å². The average Bonchev–Trinajstić information content (AvgIpc) is 2.89. The summed E-state index contributed by atoms with van der Waals surface area (Å²) in [6.07, 6.45) is 0. The molecule has 1 aromatic carbocycles. The van der Waals surface area contributed by atoms with Gasteiger partial charge in [-0.05, 0) is 19.9 Å². The van der Waals surface area contributed by atoms with Gasteiger partial charge in [0.25, 0.3) is 0 Å². The first-order chi connectivity index (χ1) is 8.65. The Bertz CT molecular complexity index is 796. The van der Waals surface area contributed by atoms with Crippen molar-refractivity contribution in [2.24, 2.45) is 0 Å². The molecule has 0 aliphatic carbocycles. The molecular weight excluding hydrogens is 260 g/mol. The van der Waals surface area contributed by atoms with E-state index in [1.165, 1.54) is 9.75 Å². The van der Waals surface area contributed by atoms with Gasteiger partial charge in [0.2, 0.25) is 5.69 Å². The van der Waals surface area contributed by atoms with E-state index in [1.807, 2.05) is 26.0 Å². The summed E-state index contributed by atoms with van der Waals surface area (Å²) in [7, 11) is 0. The molecule has 3 aromatic rings. The summed E-state index contributed by atoms with van der Waals surface area (Å²) in [4.78, 5) is 5.94. The van der Waals surface area contributed by atoms with Gasteiger partial charge >= 0.3 is 0 Å². The van der Waals surface area contributed by atoms with E-state index in [1.54, 1.807) is 22.7 Å². The molecule has 0 fully saturated rings. The van der Waals surface area contributed by atoms with Crippen LogP contribution in [0.3, 0.4) is 0 Å².